The molecule has 0 radical (unpaired) electrons. The molecule has 1 fully saturated rings. The number of carbonyl (C=O) groups excluding carboxylic acids is 2. The maximum absolute atomic E-state index is 12.1. The van der Waals surface area contributed by atoms with Gasteiger partial charge in [-0.3, -0.25) is 9.59 Å². The Hall–Kier alpha value is -1.84. The van der Waals surface area contributed by atoms with Crippen molar-refractivity contribution in [3.05, 3.63) is 35.9 Å². The molecule has 0 bridgehead atoms. The minimum atomic E-state index is -0.358. The van der Waals surface area contributed by atoms with Crippen LogP contribution in [0.15, 0.2) is 30.3 Å². The highest BCUT2D eigenvalue weighted by molar-refractivity contribution is 5.87. The van der Waals surface area contributed by atoms with Crippen LogP contribution in [0.5, 0.6) is 0 Å². The maximum atomic E-state index is 12.1. The molecule has 1 aliphatic rings. The smallest absolute Gasteiger partial charge is 0.311 e. The van der Waals surface area contributed by atoms with Crippen molar-refractivity contribution >= 4 is 11.9 Å². The van der Waals surface area contributed by atoms with Crippen molar-refractivity contribution in [2.75, 3.05) is 7.11 Å². The highest BCUT2D eigenvalue weighted by Gasteiger charge is 2.43. The van der Waals surface area contributed by atoms with E-state index in [1.165, 1.54) is 7.11 Å². The van der Waals surface area contributed by atoms with E-state index in [4.69, 9.17) is 4.74 Å². The molecule has 4 heteroatoms. The van der Waals surface area contributed by atoms with Crippen LogP contribution in [0.2, 0.25) is 0 Å². The Labute approximate surface area is 113 Å². The van der Waals surface area contributed by atoms with Gasteiger partial charge in [-0.25, -0.2) is 0 Å². The number of hydrogen-bond acceptors (Lipinski definition) is 3. The van der Waals surface area contributed by atoms with Gasteiger partial charge in [0.15, 0.2) is 0 Å². The lowest BCUT2D eigenvalue weighted by Gasteiger charge is -2.30. The van der Waals surface area contributed by atoms with Crippen molar-refractivity contribution in [3.63, 3.8) is 0 Å². The first kappa shape index (κ1) is 13.6. The summed E-state index contributed by atoms with van der Waals surface area (Å²) in [7, 11) is 1.36. The predicted octanol–water partition coefficient (Wildman–Crippen LogP) is 2.16. The Kier molecular flexibility index (Phi) is 3.88. The van der Waals surface area contributed by atoms with Crippen LogP contribution in [0.25, 0.3) is 0 Å². The molecule has 0 saturated carbocycles. The number of hydrogen-bond donors (Lipinski definition) is 0. The summed E-state index contributed by atoms with van der Waals surface area (Å²) < 4.78 is 4.77. The van der Waals surface area contributed by atoms with Crippen LogP contribution in [0.3, 0.4) is 0 Å². The number of rotatable bonds is 3. The zero-order chi connectivity index (χ0) is 14.0. The van der Waals surface area contributed by atoms with Crippen LogP contribution in [-0.2, 0) is 14.3 Å². The first-order chi connectivity index (χ1) is 9.06. The molecule has 1 saturated heterocycles. The van der Waals surface area contributed by atoms with Crippen LogP contribution in [0, 0.1) is 5.92 Å². The molecule has 1 aromatic rings. The fourth-order valence-electron chi connectivity index (χ4n) is 2.78. The summed E-state index contributed by atoms with van der Waals surface area (Å²) in [6, 6.07) is 9.69. The first-order valence-corrected chi connectivity index (χ1v) is 6.50. The number of esters is 1. The first-order valence-electron chi connectivity index (χ1n) is 6.50. The van der Waals surface area contributed by atoms with Crippen molar-refractivity contribution in [2.24, 2.45) is 5.92 Å². The molecule has 1 amide bonds. The highest BCUT2D eigenvalue weighted by atomic mass is 16.5. The van der Waals surface area contributed by atoms with Crippen LogP contribution in [0.1, 0.15) is 31.9 Å². The molecule has 3 atom stereocenters. The Morgan fingerprint density at radius 2 is 2.00 bits per heavy atom. The number of amides is 1. The van der Waals surface area contributed by atoms with E-state index in [1.54, 1.807) is 4.90 Å². The average Bonchev–Trinajstić information content (AvgIpc) is 2.73. The van der Waals surface area contributed by atoms with Gasteiger partial charge in [0.05, 0.1) is 19.1 Å². The lowest BCUT2D eigenvalue weighted by Crippen LogP contribution is -2.37. The molecular weight excluding hydrogens is 242 g/mol. The molecular formula is C15H19NO3. The van der Waals surface area contributed by atoms with Crippen molar-refractivity contribution in [2.45, 2.75) is 32.4 Å². The SMILES string of the molecule is COC(=O)C1CC(=O)N(C(C)c2ccccc2)C1C. The summed E-state index contributed by atoms with van der Waals surface area (Å²) in [4.78, 5) is 25.6. The summed E-state index contributed by atoms with van der Waals surface area (Å²) >= 11 is 0. The van der Waals surface area contributed by atoms with Gasteiger partial charge in [0.25, 0.3) is 0 Å². The van der Waals surface area contributed by atoms with Gasteiger partial charge in [-0.15, -0.1) is 0 Å². The lowest BCUT2D eigenvalue weighted by atomic mass is 10.0. The monoisotopic (exact) mass is 261 g/mol. The van der Waals surface area contributed by atoms with E-state index in [-0.39, 0.29) is 36.3 Å². The lowest BCUT2D eigenvalue weighted by molar-refractivity contribution is -0.146. The summed E-state index contributed by atoms with van der Waals surface area (Å²) in [5.41, 5.74) is 1.08. The molecule has 0 N–H and O–H groups in total. The molecule has 1 aromatic carbocycles. The van der Waals surface area contributed by atoms with Gasteiger partial charge < -0.3 is 9.64 Å². The van der Waals surface area contributed by atoms with Gasteiger partial charge in [-0.1, -0.05) is 30.3 Å². The molecule has 0 aromatic heterocycles. The second-order valence-electron chi connectivity index (χ2n) is 4.96. The fraction of sp³-hybridized carbons (Fsp3) is 0.467. The second-order valence-corrected chi connectivity index (χ2v) is 4.96. The molecule has 4 nitrogen and oxygen atoms in total. The average molecular weight is 261 g/mol. The fourth-order valence-corrected chi connectivity index (χ4v) is 2.78. The van der Waals surface area contributed by atoms with Gasteiger partial charge in [0.2, 0.25) is 5.91 Å². The zero-order valence-electron chi connectivity index (χ0n) is 11.5. The van der Waals surface area contributed by atoms with Crippen molar-refractivity contribution in [3.8, 4) is 0 Å². The van der Waals surface area contributed by atoms with Crippen LogP contribution < -0.4 is 0 Å². The topological polar surface area (TPSA) is 46.6 Å². The Bertz CT molecular complexity index is 472. The third-order valence-corrected chi connectivity index (χ3v) is 3.91. The molecule has 1 aliphatic heterocycles. The third kappa shape index (κ3) is 2.48. The van der Waals surface area contributed by atoms with E-state index in [9.17, 15) is 9.59 Å². The minimum Gasteiger partial charge on any atom is -0.469 e. The Balaban J connectivity index is 2.21. The molecule has 102 valence electrons. The van der Waals surface area contributed by atoms with Gasteiger partial charge in [0.1, 0.15) is 0 Å². The summed E-state index contributed by atoms with van der Waals surface area (Å²) in [5, 5.41) is 0. The number of carbonyl (C=O) groups is 2. The maximum Gasteiger partial charge on any atom is 0.311 e. The van der Waals surface area contributed by atoms with Gasteiger partial charge in [-0.2, -0.15) is 0 Å². The predicted molar refractivity (Wildman–Crippen MR) is 71.3 cm³/mol. The van der Waals surface area contributed by atoms with E-state index < -0.39 is 0 Å². The molecule has 1 heterocycles. The van der Waals surface area contributed by atoms with Gasteiger partial charge >= 0.3 is 5.97 Å². The second kappa shape index (κ2) is 5.43. The molecule has 0 spiro atoms. The van der Waals surface area contributed by atoms with Crippen molar-refractivity contribution in [1.82, 2.24) is 4.90 Å². The molecule has 3 unspecified atom stereocenters. The largest absolute Gasteiger partial charge is 0.469 e. The Morgan fingerprint density at radius 3 is 2.58 bits per heavy atom. The number of ether oxygens (including phenoxy) is 1. The highest BCUT2D eigenvalue weighted by Crippen LogP contribution is 2.34. The summed E-state index contributed by atoms with van der Waals surface area (Å²) in [5.74, 6) is -0.647. The molecule has 19 heavy (non-hydrogen) atoms. The minimum absolute atomic E-state index is 0.0132. The standard InChI is InChI=1S/C15H19NO3/c1-10(12-7-5-4-6-8-12)16-11(2)13(9-14(16)17)15(18)19-3/h4-8,10-11,13H,9H2,1-3H3. The molecule has 0 aliphatic carbocycles. The zero-order valence-corrected chi connectivity index (χ0v) is 11.5. The van der Waals surface area contributed by atoms with Crippen molar-refractivity contribution in [1.29, 1.82) is 0 Å². The normalized spacial score (nSPS) is 24.4. The number of methoxy groups -OCH3 is 1. The summed E-state index contributed by atoms with van der Waals surface area (Å²) in [6.07, 6.45) is 0.241. The number of likely N-dealkylation sites (tertiary alicyclic amines) is 1. The van der Waals surface area contributed by atoms with E-state index in [0.717, 1.165) is 5.56 Å². The van der Waals surface area contributed by atoms with E-state index in [0.29, 0.717) is 0 Å². The number of benzene rings is 1. The Morgan fingerprint density at radius 1 is 1.37 bits per heavy atom. The van der Waals surface area contributed by atoms with Crippen LogP contribution >= 0.6 is 0 Å². The van der Waals surface area contributed by atoms with Crippen LogP contribution in [-0.4, -0.2) is 29.9 Å². The van der Waals surface area contributed by atoms with Gasteiger partial charge in [0, 0.05) is 12.5 Å². The van der Waals surface area contributed by atoms with Crippen LogP contribution in [0.4, 0.5) is 0 Å². The van der Waals surface area contributed by atoms with Crippen molar-refractivity contribution < 1.29 is 14.3 Å². The van der Waals surface area contributed by atoms with Gasteiger partial charge in [-0.05, 0) is 19.4 Å². The third-order valence-electron chi connectivity index (χ3n) is 3.91. The van der Waals surface area contributed by atoms with E-state index >= 15 is 0 Å². The molecule has 2 rings (SSSR count). The quantitative estimate of drug-likeness (QED) is 0.783. The van der Waals surface area contributed by atoms with E-state index in [2.05, 4.69) is 0 Å². The summed E-state index contributed by atoms with van der Waals surface area (Å²) in [6.45, 7) is 3.90. The number of nitrogens with zero attached hydrogens (tertiary/aromatic N) is 1. The van der Waals surface area contributed by atoms with E-state index in [1.807, 2.05) is 44.2 Å².